The SMILES string of the molecule is CC1C=CC(CNc2cc(F)c(SNc3cscn3)c(F)c2)=C(CN2CCC2)C=C1. The lowest BCUT2D eigenvalue weighted by Crippen LogP contribution is -2.38. The Balaban J connectivity index is 1.45. The molecular weight excluding hydrogens is 422 g/mol. The van der Waals surface area contributed by atoms with Crippen molar-refractivity contribution in [2.24, 2.45) is 5.92 Å². The summed E-state index contributed by atoms with van der Waals surface area (Å²) in [4.78, 5) is 6.38. The molecule has 0 bridgehead atoms. The van der Waals surface area contributed by atoms with Crippen LogP contribution < -0.4 is 10.0 Å². The van der Waals surface area contributed by atoms with Gasteiger partial charge >= 0.3 is 0 Å². The topological polar surface area (TPSA) is 40.2 Å². The zero-order valence-electron chi connectivity index (χ0n) is 16.7. The average Bonchev–Trinajstić information content (AvgIpc) is 3.13. The highest BCUT2D eigenvalue weighted by atomic mass is 32.2. The molecular formula is C22H24F2N4S2. The number of hydrogen-bond donors (Lipinski definition) is 2. The summed E-state index contributed by atoms with van der Waals surface area (Å²) < 4.78 is 31.9. The van der Waals surface area contributed by atoms with Crippen LogP contribution in [0.25, 0.3) is 0 Å². The third-order valence-electron chi connectivity index (χ3n) is 5.13. The summed E-state index contributed by atoms with van der Waals surface area (Å²) in [5, 5.41) is 4.97. The van der Waals surface area contributed by atoms with Crippen molar-refractivity contribution in [1.29, 1.82) is 0 Å². The number of benzene rings is 1. The van der Waals surface area contributed by atoms with E-state index in [1.54, 1.807) is 10.9 Å². The quantitative estimate of drug-likeness (QED) is 0.508. The van der Waals surface area contributed by atoms with E-state index in [0.29, 0.717) is 24.0 Å². The lowest BCUT2D eigenvalue weighted by molar-refractivity contribution is 0.199. The van der Waals surface area contributed by atoms with Crippen LogP contribution in [0.1, 0.15) is 13.3 Å². The van der Waals surface area contributed by atoms with E-state index in [1.165, 1.54) is 35.5 Å². The molecule has 2 aromatic rings. The fraction of sp³-hybridized carbons (Fsp3) is 0.318. The first-order valence-corrected chi connectivity index (χ1v) is 11.7. The van der Waals surface area contributed by atoms with Crippen molar-refractivity contribution in [2.75, 3.05) is 36.2 Å². The predicted molar refractivity (Wildman–Crippen MR) is 122 cm³/mol. The molecule has 1 aromatic carbocycles. The first-order valence-electron chi connectivity index (χ1n) is 9.93. The molecule has 2 N–H and O–H groups in total. The smallest absolute Gasteiger partial charge is 0.147 e. The van der Waals surface area contributed by atoms with Gasteiger partial charge in [0.25, 0.3) is 0 Å². The minimum Gasteiger partial charge on any atom is -0.381 e. The summed E-state index contributed by atoms with van der Waals surface area (Å²) in [7, 11) is 0. The second kappa shape index (κ2) is 9.76. The van der Waals surface area contributed by atoms with Crippen molar-refractivity contribution in [3.63, 3.8) is 0 Å². The van der Waals surface area contributed by atoms with E-state index < -0.39 is 11.6 Å². The van der Waals surface area contributed by atoms with Gasteiger partial charge in [-0.2, -0.15) is 0 Å². The van der Waals surface area contributed by atoms with Crippen LogP contribution in [0.5, 0.6) is 0 Å². The minimum absolute atomic E-state index is 0.0719. The molecule has 4 rings (SSSR count). The highest BCUT2D eigenvalue weighted by Crippen LogP contribution is 2.29. The van der Waals surface area contributed by atoms with Gasteiger partial charge in [-0.1, -0.05) is 31.2 Å². The number of anilines is 2. The van der Waals surface area contributed by atoms with Crippen molar-refractivity contribution in [3.05, 3.63) is 70.1 Å². The zero-order chi connectivity index (χ0) is 20.9. The van der Waals surface area contributed by atoms with E-state index in [1.807, 2.05) is 0 Å². The van der Waals surface area contributed by atoms with Crippen molar-refractivity contribution in [2.45, 2.75) is 18.2 Å². The maximum Gasteiger partial charge on any atom is 0.147 e. The molecule has 30 heavy (non-hydrogen) atoms. The van der Waals surface area contributed by atoms with E-state index >= 15 is 0 Å². The van der Waals surface area contributed by atoms with Gasteiger partial charge < -0.3 is 10.0 Å². The molecule has 0 spiro atoms. The lowest BCUT2D eigenvalue weighted by Gasteiger charge is -2.31. The number of nitrogens with zero attached hydrogens (tertiary/aromatic N) is 2. The van der Waals surface area contributed by atoms with E-state index in [2.05, 4.69) is 51.2 Å². The number of rotatable bonds is 8. The molecule has 1 aliphatic heterocycles. The Morgan fingerprint density at radius 3 is 2.53 bits per heavy atom. The fourth-order valence-corrected chi connectivity index (χ4v) is 4.43. The third kappa shape index (κ3) is 5.30. The van der Waals surface area contributed by atoms with E-state index in [9.17, 15) is 8.78 Å². The van der Waals surface area contributed by atoms with Gasteiger partial charge in [-0.3, -0.25) is 4.90 Å². The Bertz CT molecular complexity index is 943. The summed E-state index contributed by atoms with van der Waals surface area (Å²) in [5.41, 5.74) is 4.48. The Labute approximate surface area is 183 Å². The molecule has 0 radical (unpaired) electrons. The van der Waals surface area contributed by atoms with Crippen LogP contribution in [0, 0.1) is 17.6 Å². The molecule has 8 heteroatoms. The molecule has 1 unspecified atom stereocenters. The zero-order valence-corrected chi connectivity index (χ0v) is 18.3. The van der Waals surface area contributed by atoms with Gasteiger partial charge in [0, 0.05) is 24.2 Å². The number of aromatic nitrogens is 1. The molecule has 1 fully saturated rings. The molecule has 158 valence electrons. The summed E-state index contributed by atoms with van der Waals surface area (Å²) >= 11 is 2.30. The lowest BCUT2D eigenvalue weighted by atomic mass is 10.1. The normalized spacial score (nSPS) is 19.0. The number of likely N-dealkylation sites (tertiary alicyclic amines) is 1. The van der Waals surface area contributed by atoms with Gasteiger partial charge in [0.05, 0.1) is 5.51 Å². The molecule has 4 nitrogen and oxygen atoms in total. The molecule has 0 saturated carbocycles. The van der Waals surface area contributed by atoms with Crippen molar-refractivity contribution >= 4 is 34.8 Å². The summed E-state index contributed by atoms with van der Waals surface area (Å²) in [6.45, 7) is 5.82. The standard InChI is InChI=1S/C22H24F2N4S2/c1-15-3-5-16(17(6-4-15)12-28-7-2-8-28)11-25-18-9-19(23)22(20(24)10-18)30-27-21-13-29-14-26-21/h3-6,9-10,13-15,25,27H,2,7-8,11-12H2,1H3. The Morgan fingerprint density at radius 1 is 1.17 bits per heavy atom. The Hall–Kier alpha value is -2.16. The predicted octanol–water partition coefficient (Wildman–Crippen LogP) is 5.72. The second-order valence-electron chi connectivity index (χ2n) is 7.46. The van der Waals surface area contributed by atoms with E-state index in [4.69, 9.17) is 0 Å². The van der Waals surface area contributed by atoms with Gasteiger partial charge in [0.15, 0.2) is 0 Å². The summed E-state index contributed by atoms with van der Waals surface area (Å²) in [5.74, 6) is -0.268. The van der Waals surface area contributed by atoms with Gasteiger partial charge in [-0.25, -0.2) is 13.8 Å². The van der Waals surface area contributed by atoms with Crippen LogP contribution in [0.4, 0.5) is 20.3 Å². The van der Waals surface area contributed by atoms with E-state index in [0.717, 1.165) is 37.2 Å². The first-order chi connectivity index (χ1) is 14.6. The molecule has 2 heterocycles. The van der Waals surface area contributed by atoms with Crippen molar-refractivity contribution < 1.29 is 8.78 Å². The van der Waals surface area contributed by atoms with Gasteiger partial charge in [0.1, 0.15) is 22.3 Å². The fourth-order valence-electron chi connectivity index (χ4n) is 3.24. The average molecular weight is 447 g/mol. The largest absolute Gasteiger partial charge is 0.381 e. The Morgan fingerprint density at radius 2 is 1.90 bits per heavy atom. The van der Waals surface area contributed by atoms with Crippen molar-refractivity contribution in [3.8, 4) is 0 Å². The summed E-state index contributed by atoms with van der Waals surface area (Å²) in [6.07, 6.45) is 9.91. The maximum absolute atomic E-state index is 14.5. The number of thiazole rings is 1. The molecule has 1 aromatic heterocycles. The Kier molecular flexibility index (Phi) is 6.86. The molecule has 1 aliphatic carbocycles. The van der Waals surface area contributed by atoms with Crippen molar-refractivity contribution in [1.82, 2.24) is 9.88 Å². The number of halogens is 2. The van der Waals surface area contributed by atoms with Crippen LogP contribution in [0.2, 0.25) is 0 Å². The molecule has 1 saturated heterocycles. The maximum atomic E-state index is 14.5. The highest BCUT2D eigenvalue weighted by Gasteiger charge is 2.17. The third-order valence-corrected chi connectivity index (χ3v) is 6.62. The molecule has 0 amide bonds. The number of nitrogens with one attached hydrogen (secondary N) is 2. The van der Waals surface area contributed by atoms with Crippen LogP contribution in [0.3, 0.4) is 0 Å². The molecule has 1 atom stereocenters. The summed E-state index contributed by atoms with van der Waals surface area (Å²) in [6, 6.07) is 2.67. The number of hydrogen-bond acceptors (Lipinski definition) is 6. The highest BCUT2D eigenvalue weighted by molar-refractivity contribution is 8.00. The monoisotopic (exact) mass is 446 g/mol. The number of allylic oxidation sites excluding steroid dienone is 2. The van der Waals surface area contributed by atoms with Gasteiger partial charge in [-0.05, 0) is 60.7 Å². The first kappa shape index (κ1) is 21.1. The van der Waals surface area contributed by atoms with E-state index in [-0.39, 0.29) is 4.90 Å². The molecule has 2 aliphatic rings. The minimum atomic E-state index is -0.607. The van der Waals surface area contributed by atoms with Crippen LogP contribution >= 0.6 is 23.3 Å². The van der Waals surface area contributed by atoms with Crippen LogP contribution in [-0.4, -0.2) is 36.1 Å². The second-order valence-corrected chi connectivity index (χ2v) is 8.99. The van der Waals surface area contributed by atoms with Gasteiger partial charge in [-0.15, -0.1) is 11.3 Å². The van der Waals surface area contributed by atoms with Gasteiger partial charge in [0.2, 0.25) is 0 Å². The van der Waals surface area contributed by atoms with Crippen LogP contribution in [0.15, 0.2) is 63.4 Å². The van der Waals surface area contributed by atoms with Crippen LogP contribution in [-0.2, 0) is 0 Å².